The van der Waals surface area contributed by atoms with Crippen molar-refractivity contribution in [3.63, 3.8) is 0 Å². The summed E-state index contributed by atoms with van der Waals surface area (Å²) in [5.74, 6) is 0.898. The summed E-state index contributed by atoms with van der Waals surface area (Å²) in [6, 6.07) is 0. The first kappa shape index (κ1) is 10.8. The minimum atomic E-state index is 0.459. The third-order valence-corrected chi connectivity index (χ3v) is 3.10. The van der Waals surface area contributed by atoms with Gasteiger partial charge in [-0.25, -0.2) is 4.98 Å². The lowest BCUT2D eigenvalue weighted by Gasteiger charge is -2.29. The Morgan fingerprint density at radius 2 is 2.20 bits per heavy atom. The summed E-state index contributed by atoms with van der Waals surface area (Å²) >= 11 is 5.68. The lowest BCUT2D eigenvalue weighted by Crippen LogP contribution is -2.29. The second-order valence-corrected chi connectivity index (χ2v) is 4.71. The molecular weight excluding hydrogens is 210 g/mol. The van der Waals surface area contributed by atoms with E-state index in [0.717, 1.165) is 18.2 Å². The molecule has 0 bridgehead atoms. The quantitative estimate of drug-likeness (QED) is 0.788. The molecule has 0 unspecified atom stereocenters. The van der Waals surface area contributed by atoms with Crippen LogP contribution in [-0.2, 0) is 6.54 Å². The molecule has 0 N–H and O–H groups in total. The van der Waals surface area contributed by atoms with Crippen molar-refractivity contribution in [2.75, 3.05) is 13.6 Å². The van der Waals surface area contributed by atoms with E-state index in [-0.39, 0.29) is 0 Å². The van der Waals surface area contributed by atoms with Gasteiger partial charge in [0.25, 0.3) is 0 Å². The molecule has 0 aromatic carbocycles. The van der Waals surface area contributed by atoms with Crippen molar-refractivity contribution < 1.29 is 0 Å². The Morgan fingerprint density at radius 1 is 1.40 bits per heavy atom. The van der Waals surface area contributed by atoms with Crippen LogP contribution in [-0.4, -0.2) is 28.5 Å². The van der Waals surface area contributed by atoms with E-state index >= 15 is 0 Å². The molecule has 1 fully saturated rings. The average Bonchev–Trinajstić information content (AvgIpc) is 2.16. The average molecular weight is 226 g/mol. The van der Waals surface area contributed by atoms with Gasteiger partial charge in [0.15, 0.2) is 0 Å². The fourth-order valence-electron chi connectivity index (χ4n) is 1.88. The summed E-state index contributed by atoms with van der Waals surface area (Å²) in [5.41, 5.74) is 0.987. The first-order valence-electron chi connectivity index (χ1n) is 5.39. The Bertz CT molecular complexity index is 308. The minimum Gasteiger partial charge on any atom is -0.300 e. The van der Waals surface area contributed by atoms with Gasteiger partial charge in [-0.05, 0) is 25.8 Å². The second-order valence-electron chi connectivity index (χ2n) is 4.32. The van der Waals surface area contributed by atoms with Crippen LogP contribution in [0.15, 0.2) is 12.4 Å². The molecule has 82 valence electrons. The van der Waals surface area contributed by atoms with Gasteiger partial charge in [0.05, 0.1) is 18.1 Å². The standard InChI is InChI=1S/C11H16ClN3/c1-15(7-9-3-2-4-9)8-10-5-14-11(12)6-13-10/h5-6,9H,2-4,7-8H2,1H3. The summed E-state index contributed by atoms with van der Waals surface area (Å²) in [6.07, 6.45) is 7.53. The molecule has 0 saturated heterocycles. The molecule has 0 aliphatic heterocycles. The van der Waals surface area contributed by atoms with Crippen molar-refractivity contribution >= 4 is 11.6 Å². The summed E-state index contributed by atoms with van der Waals surface area (Å²) in [4.78, 5) is 10.6. The summed E-state index contributed by atoms with van der Waals surface area (Å²) < 4.78 is 0. The van der Waals surface area contributed by atoms with Gasteiger partial charge in [0.2, 0.25) is 0 Å². The van der Waals surface area contributed by atoms with Crippen molar-refractivity contribution in [2.45, 2.75) is 25.8 Å². The Morgan fingerprint density at radius 3 is 2.73 bits per heavy atom. The predicted octanol–water partition coefficient (Wildman–Crippen LogP) is 2.36. The van der Waals surface area contributed by atoms with Crippen molar-refractivity contribution in [1.82, 2.24) is 14.9 Å². The van der Waals surface area contributed by atoms with Crippen molar-refractivity contribution in [3.8, 4) is 0 Å². The van der Waals surface area contributed by atoms with Gasteiger partial charge in [-0.2, -0.15) is 0 Å². The van der Waals surface area contributed by atoms with Crippen molar-refractivity contribution in [1.29, 1.82) is 0 Å². The zero-order chi connectivity index (χ0) is 10.7. The summed E-state index contributed by atoms with van der Waals surface area (Å²) in [7, 11) is 2.13. The van der Waals surface area contributed by atoms with Crippen LogP contribution in [0.5, 0.6) is 0 Å². The fourth-order valence-corrected chi connectivity index (χ4v) is 1.98. The molecule has 1 aromatic heterocycles. The molecule has 1 saturated carbocycles. The largest absolute Gasteiger partial charge is 0.300 e. The van der Waals surface area contributed by atoms with E-state index in [4.69, 9.17) is 11.6 Å². The maximum atomic E-state index is 5.68. The highest BCUT2D eigenvalue weighted by atomic mass is 35.5. The topological polar surface area (TPSA) is 29.0 Å². The van der Waals surface area contributed by atoms with Crippen LogP contribution in [0.2, 0.25) is 5.15 Å². The van der Waals surface area contributed by atoms with Gasteiger partial charge >= 0.3 is 0 Å². The highest BCUT2D eigenvalue weighted by Crippen LogP contribution is 2.26. The third kappa shape index (κ3) is 3.14. The molecule has 0 radical (unpaired) electrons. The van der Waals surface area contributed by atoms with Crippen LogP contribution in [0.25, 0.3) is 0 Å². The minimum absolute atomic E-state index is 0.459. The number of aromatic nitrogens is 2. The Hall–Kier alpha value is -0.670. The van der Waals surface area contributed by atoms with Gasteiger partial charge in [-0.3, -0.25) is 4.98 Å². The third-order valence-electron chi connectivity index (χ3n) is 2.90. The zero-order valence-electron chi connectivity index (χ0n) is 8.99. The smallest absolute Gasteiger partial charge is 0.147 e. The number of nitrogens with zero attached hydrogens (tertiary/aromatic N) is 3. The summed E-state index contributed by atoms with van der Waals surface area (Å²) in [5, 5.41) is 0.459. The SMILES string of the molecule is CN(Cc1cnc(Cl)cn1)CC1CCC1. The Labute approximate surface area is 95.5 Å². The Kier molecular flexibility index (Phi) is 3.54. The monoisotopic (exact) mass is 225 g/mol. The normalized spacial score (nSPS) is 16.7. The molecule has 1 heterocycles. The number of halogens is 1. The number of hydrogen-bond acceptors (Lipinski definition) is 3. The van der Waals surface area contributed by atoms with Gasteiger partial charge in [-0.15, -0.1) is 0 Å². The maximum absolute atomic E-state index is 5.68. The molecule has 1 aromatic rings. The van der Waals surface area contributed by atoms with Gasteiger partial charge in [0, 0.05) is 13.1 Å². The lowest BCUT2D eigenvalue weighted by atomic mass is 9.85. The van der Waals surface area contributed by atoms with Crippen molar-refractivity contribution in [3.05, 3.63) is 23.2 Å². The zero-order valence-corrected chi connectivity index (χ0v) is 9.74. The van der Waals surface area contributed by atoms with E-state index in [1.807, 2.05) is 0 Å². The maximum Gasteiger partial charge on any atom is 0.147 e. The van der Waals surface area contributed by atoms with Crippen LogP contribution in [0.4, 0.5) is 0 Å². The highest BCUT2D eigenvalue weighted by Gasteiger charge is 2.19. The van der Waals surface area contributed by atoms with E-state index in [9.17, 15) is 0 Å². The molecule has 15 heavy (non-hydrogen) atoms. The fraction of sp³-hybridized carbons (Fsp3) is 0.636. The molecular formula is C11H16ClN3. The van der Waals surface area contributed by atoms with E-state index in [1.54, 1.807) is 12.4 Å². The van der Waals surface area contributed by atoms with E-state index < -0.39 is 0 Å². The molecule has 0 atom stereocenters. The number of hydrogen-bond donors (Lipinski definition) is 0. The molecule has 2 rings (SSSR count). The van der Waals surface area contributed by atoms with E-state index in [2.05, 4.69) is 21.9 Å². The van der Waals surface area contributed by atoms with Gasteiger partial charge < -0.3 is 4.90 Å². The number of rotatable bonds is 4. The van der Waals surface area contributed by atoms with Crippen LogP contribution in [0.3, 0.4) is 0 Å². The van der Waals surface area contributed by atoms with E-state index in [0.29, 0.717) is 5.15 Å². The van der Waals surface area contributed by atoms with Crippen LogP contribution in [0, 0.1) is 5.92 Å². The van der Waals surface area contributed by atoms with Gasteiger partial charge in [-0.1, -0.05) is 18.0 Å². The lowest BCUT2D eigenvalue weighted by molar-refractivity contribution is 0.199. The molecule has 1 aliphatic carbocycles. The molecule has 4 heteroatoms. The molecule has 1 aliphatic rings. The molecule has 3 nitrogen and oxygen atoms in total. The van der Waals surface area contributed by atoms with Gasteiger partial charge in [0.1, 0.15) is 5.15 Å². The second kappa shape index (κ2) is 4.90. The van der Waals surface area contributed by atoms with Crippen molar-refractivity contribution in [2.24, 2.45) is 5.92 Å². The molecule has 0 spiro atoms. The predicted molar refractivity (Wildman–Crippen MR) is 60.7 cm³/mol. The first-order valence-corrected chi connectivity index (χ1v) is 5.77. The first-order chi connectivity index (χ1) is 7.24. The van der Waals surface area contributed by atoms with E-state index in [1.165, 1.54) is 25.8 Å². The van der Waals surface area contributed by atoms with Crippen LogP contribution >= 0.6 is 11.6 Å². The molecule has 0 amide bonds. The van der Waals surface area contributed by atoms with Crippen LogP contribution < -0.4 is 0 Å². The summed E-state index contributed by atoms with van der Waals surface area (Å²) in [6.45, 7) is 2.03. The Balaban J connectivity index is 1.82. The van der Waals surface area contributed by atoms with Crippen LogP contribution in [0.1, 0.15) is 25.0 Å². The highest BCUT2D eigenvalue weighted by molar-refractivity contribution is 6.29.